The van der Waals surface area contributed by atoms with Gasteiger partial charge in [-0.1, -0.05) is 51.4 Å². The van der Waals surface area contributed by atoms with Gasteiger partial charge in [0.05, 0.1) is 0 Å². The van der Waals surface area contributed by atoms with E-state index in [-0.39, 0.29) is 50.6 Å². The predicted molar refractivity (Wildman–Crippen MR) is 121 cm³/mol. The molecular formula is C22H32F18N2Si. The maximum absolute atomic E-state index is 13.5. The lowest BCUT2D eigenvalue weighted by atomic mass is 9.98. The maximum atomic E-state index is 13.5. The Morgan fingerprint density at radius 1 is 0.326 bits per heavy atom. The molecule has 0 amide bonds. The van der Waals surface area contributed by atoms with Gasteiger partial charge in [0.2, 0.25) is 0 Å². The lowest BCUT2D eigenvalue weighted by molar-refractivity contribution is -0.396. The first-order valence-corrected chi connectivity index (χ1v) is 15.5. The zero-order valence-electron chi connectivity index (χ0n) is 22.4. The Hall–Kier alpha value is -1.12. The third-order valence-corrected chi connectivity index (χ3v) is 9.25. The van der Waals surface area contributed by atoms with Crippen LogP contribution >= 0.6 is 0 Å². The summed E-state index contributed by atoms with van der Waals surface area (Å²) in [4.78, 5) is 0. The molecule has 0 saturated heterocycles. The molecule has 0 aliphatic carbocycles. The summed E-state index contributed by atoms with van der Waals surface area (Å²) in [6, 6.07) is 0.515. The molecule has 0 aliphatic heterocycles. The van der Waals surface area contributed by atoms with Crippen molar-refractivity contribution in [2.75, 3.05) is 0 Å². The smallest absolute Gasteiger partial charge is 0.339 e. The molecular weight excluding hydrogens is 662 g/mol. The van der Waals surface area contributed by atoms with E-state index in [1.807, 2.05) is 0 Å². The van der Waals surface area contributed by atoms with E-state index in [9.17, 15) is 79.0 Å². The van der Waals surface area contributed by atoms with Gasteiger partial charge in [0.15, 0.2) is 8.40 Å². The van der Waals surface area contributed by atoms with Crippen molar-refractivity contribution in [2.24, 2.45) is 10.8 Å². The van der Waals surface area contributed by atoms with Crippen LogP contribution in [0, 0.1) is 0 Å². The number of alkyl halides is 18. The largest absolute Gasteiger partial charge is 0.460 e. The number of hydrogen-bond donors (Lipinski definition) is 2. The molecule has 0 saturated carbocycles. The van der Waals surface area contributed by atoms with Crippen molar-refractivity contribution >= 4 is 8.40 Å². The van der Waals surface area contributed by atoms with E-state index in [0.29, 0.717) is 12.8 Å². The quantitative estimate of drug-likeness (QED) is 0.0758. The molecule has 0 heterocycles. The molecule has 0 aromatic heterocycles. The number of hydrogen-bond acceptors (Lipinski definition) is 2. The Morgan fingerprint density at radius 2 is 0.558 bits per heavy atom. The van der Waals surface area contributed by atoms with Crippen LogP contribution in [0.25, 0.3) is 0 Å². The van der Waals surface area contributed by atoms with Crippen molar-refractivity contribution in [3.63, 3.8) is 0 Å². The molecule has 0 rings (SSSR count). The van der Waals surface area contributed by atoms with Gasteiger partial charge in [0.25, 0.3) is 0 Å². The van der Waals surface area contributed by atoms with Gasteiger partial charge in [-0.25, -0.2) is 0 Å². The first-order valence-electron chi connectivity index (χ1n) is 12.9. The fourth-order valence-electron chi connectivity index (χ4n) is 3.92. The molecule has 0 aliphatic rings. The van der Waals surface area contributed by atoms with Gasteiger partial charge in [-0.2, -0.15) is 79.0 Å². The minimum atomic E-state index is -6.94. The second kappa shape index (κ2) is 14.5. The van der Waals surface area contributed by atoms with E-state index >= 15 is 0 Å². The van der Waals surface area contributed by atoms with Gasteiger partial charge < -0.3 is 10.8 Å². The van der Waals surface area contributed by atoms with Crippen LogP contribution in [0.15, 0.2) is 0 Å². The van der Waals surface area contributed by atoms with Gasteiger partial charge >= 0.3 is 47.9 Å². The highest BCUT2D eigenvalue weighted by Crippen LogP contribution is 2.55. The fraction of sp³-hybridized carbons (Fsp3) is 1.00. The molecule has 43 heavy (non-hydrogen) atoms. The Kier molecular flexibility index (Phi) is 14.2. The van der Waals surface area contributed by atoms with Crippen molar-refractivity contribution in [3.05, 3.63) is 0 Å². The van der Waals surface area contributed by atoms with Crippen LogP contribution in [-0.2, 0) is 0 Å². The zero-order valence-corrected chi connectivity index (χ0v) is 23.4. The molecule has 0 spiro atoms. The molecule has 0 fully saturated rings. The Morgan fingerprint density at radius 3 is 0.814 bits per heavy atom. The van der Waals surface area contributed by atoms with E-state index in [0.717, 1.165) is 0 Å². The highest BCUT2D eigenvalue weighted by molar-refractivity contribution is 6.73. The third-order valence-electron chi connectivity index (χ3n) is 6.69. The van der Waals surface area contributed by atoms with Gasteiger partial charge in [-0.15, -0.1) is 0 Å². The molecule has 0 aromatic rings. The lowest BCUT2D eigenvalue weighted by Crippen LogP contribution is -2.60. The summed E-state index contributed by atoms with van der Waals surface area (Å²) < 4.78 is 231. The highest BCUT2D eigenvalue weighted by Gasteiger charge is 2.82. The van der Waals surface area contributed by atoms with Crippen LogP contribution in [0.1, 0.15) is 77.0 Å². The van der Waals surface area contributed by atoms with Gasteiger partial charge in [0, 0.05) is 12.8 Å². The second-order valence-corrected chi connectivity index (χ2v) is 13.9. The van der Waals surface area contributed by atoms with Gasteiger partial charge in [0.1, 0.15) is 0 Å². The minimum absolute atomic E-state index is 0.111. The third kappa shape index (κ3) is 10.5. The van der Waals surface area contributed by atoms with Crippen LogP contribution in [0.4, 0.5) is 79.0 Å². The van der Waals surface area contributed by atoms with Crippen molar-refractivity contribution in [2.45, 2.75) is 137 Å². The fourth-order valence-corrected chi connectivity index (χ4v) is 5.98. The number of nitrogens with two attached hydrogens (primary N) is 2. The van der Waals surface area contributed by atoms with E-state index in [1.165, 1.54) is 0 Å². The van der Waals surface area contributed by atoms with Crippen LogP contribution < -0.4 is 10.8 Å². The van der Waals surface area contributed by atoms with Crippen LogP contribution in [0.5, 0.6) is 0 Å². The van der Waals surface area contributed by atoms with Crippen molar-refractivity contribution in [1.82, 2.24) is 0 Å². The van der Waals surface area contributed by atoms with Crippen molar-refractivity contribution < 1.29 is 79.0 Å². The Bertz CT molecular complexity index is 773. The number of unbranched alkanes of at least 4 members (excludes halogenated alkanes) is 8. The summed E-state index contributed by atoms with van der Waals surface area (Å²) in [6.07, 6.45) is -18.2. The van der Waals surface area contributed by atoms with E-state index in [2.05, 4.69) is 0 Å². The SMILES string of the molecule is N[Si](N)(CCCCCCCC(F)(F)C(F)(F)C(F)(F)C(F)(F)F)CCCCCCCC(F)(F)C(F)(F)C(F)(F)C(F)(F)F. The average Bonchev–Trinajstić information content (AvgIpc) is 2.80. The summed E-state index contributed by atoms with van der Waals surface area (Å²) in [7, 11) is -2.85. The van der Waals surface area contributed by atoms with Crippen LogP contribution in [0.3, 0.4) is 0 Å². The standard InChI is InChI=1S/C22H32F18N2Si/c23-15(24,17(27,28)19(31,32)21(35,36)37)11-7-3-1-5-9-13-43(41,42)14-10-6-2-4-8-12-16(25,26)18(29,30)20(33,34)22(38,39)40/h1-14,41-42H2. The van der Waals surface area contributed by atoms with E-state index in [4.69, 9.17) is 10.8 Å². The van der Waals surface area contributed by atoms with Gasteiger partial charge in [-0.05, 0) is 24.9 Å². The summed E-state index contributed by atoms with van der Waals surface area (Å²) >= 11 is 0. The summed E-state index contributed by atoms with van der Waals surface area (Å²) in [6.45, 7) is 0. The summed E-state index contributed by atoms with van der Waals surface area (Å²) in [5.74, 6) is -38.4. The molecule has 0 atom stereocenters. The highest BCUT2D eigenvalue weighted by atomic mass is 28.3. The zero-order chi connectivity index (χ0) is 34.4. The topological polar surface area (TPSA) is 52.0 Å². The van der Waals surface area contributed by atoms with Crippen LogP contribution in [-0.4, -0.2) is 56.3 Å². The molecule has 0 bridgehead atoms. The first-order chi connectivity index (χ1) is 18.9. The molecule has 4 N–H and O–H groups in total. The molecule has 0 radical (unpaired) electrons. The van der Waals surface area contributed by atoms with E-state index < -0.39 is 82.0 Å². The van der Waals surface area contributed by atoms with Gasteiger partial charge in [-0.3, -0.25) is 0 Å². The predicted octanol–water partition coefficient (Wildman–Crippen LogP) is 9.96. The van der Waals surface area contributed by atoms with Crippen molar-refractivity contribution in [3.8, 4) is 0 Å². The molecule has 0 unspecified atom stereocenters. The Balaban J connectivity index is 4.32. The van der Waals surface area contributed by atoms with Crippen molar-refractivity contribution in [1.29, 1.82) is 0 Å². The van der Waals surface area contributed by atoms with Crippen LogP contribution in [0.2, 0.25) is 12.1 Å². The average molecular weight is 695 g/mol. The normalized spacial score (nSPS) is 15.3. The number of rotatable bonds is 20. The summed E-state index contributed by atoms with van der Waals surface area (Å²) in [5, 5.41) is 12.0. The lowest BCUT2D eigenvalue weighted by Gasteiger charge is -2.33. The molecule has 2 nitrogen and oxygen atoms in total. The molecule has 21 heteroatoms. The Labute approximate surface area is 236 Å². The second-order valence-electron chi connectivity index (χ2n) is 10.5. The minimum Gasteiger partial charge on any atom is -0.339 e. The monoisotopic (exact) mass is 694 g/mol. The number of halogens is 18. The summed E-state index contributed by atoms with van der Waals surface area (Å²) in [5.41, 5.74) is 0. The first kappa shape index (κ1) is 41.9. The molecule has 260 valence electrons. The molecule has 0 aromatic carbocycles. The maximum Gasteiger partial charge on any atom is 0.460 e. The van der Waals surface area contributed by atoms with E-state index in [1.54, 1.807) is 0 Å².